The molecule has 1 heterocycles. The van der Waals surface area contributed by atoms with Crippen molar-refractivity contribution in [1.29, 1.82) is 0 Å². The van der Waals surface area contributed by atoms with Crippen LogP contribution in [0.15, 0.2) is 84.9 Å². The SMILES string of the molecule is CC(=O)O.O=C(NN1CCNCC1CCOc1ccccc1)c1ccccc1-c1ccccc1. The Bertz CT molecular complexity index is 1040. The van der Waals surface area contributed by atoms with Gasteiger partial charge in [-0.05, 0) is 29.3 Å². The topological polar surface area (TPSA) is 90.9 Å². The van der Waals surface area contributed by atoms with Crippen LogP contribution in [0.1, 0.15) is 23.7 Å². The molecule has 3 aromatic carbocycles. The molecule has 1 atom stereocenters. The second kappa shape index (κ2) is 13.1. The maximum absolute atomic E-state index is 13.1. The van der Waals surface area contributed by atoms with Gasteiger partial charge in [-0.25, -0.2) is 5.01 Å². The van der Waals surface area contributed by atoms with E-state index < -0.39 is 5.97 Å². The fourth-order valence-electron chi connectivity index (χ4n) is 3.74. The molecular weight excluding hydrogens is 430 g/mol. The summed E-state index contributed by atoms with van der Waals surface area (Å²) in [7, 11) is 0. The van der Waals surface area contributed by atoms with Crippen molar-refractivity contribution in [3.05, 3.63) is 90.5 Å². The van der Waals surface area contributed by atoms with Crippen LogP contribution in [0, 0.1) is 0 Å². The molecule has 0 radical (unpaired) electrons. The zero-order valence-corrected chi connectivity index (χ0v) is 19.3. The zero-order valence-electron chi connectivity index (χ0n) is 19.3. The lowest BCUT2D eigenvalue weighted by Gasteiger charge is -2.36. The number of para-hydroxylation sites is 1. The fraction of sp³-hybridized carbons (Fsp3) is 0.259. The van der Waals surface area contributed by atoms with Crippen LogP contribution in [0.25, 0.3) is 11.1 Å². The lowest BCUT2D eigenvalue weighted by atomic mass is 9.99. The van der Waals surface area contributed by atoms with Crippen LogP contribution in [0.4, 0.5) is 0 Å². The largest absolute Gasteiger partial charge is 0.494 e. The van der Waals surface area contributed by atoms with Gasteiger partial charge in [0.25, 0.3) is 11.9 Å². The number of nitrogens with one attached hydrogen (secondary N) is 2. The smallest absolute Gasteiger partial charge is 0.300 e. The van der Waals surface area contributed by atoms with E-state index >= 15 is 0 Å². The van der Waals surface area contributed by atoms with Crippen LogP contribution < -0.4 is 15.5 Å². The van der Waals surface area contributed by atoms with E-state index in [4.69, 9.17) is 14.6 Å². The fourth-order valence-corrected chi connectivity index (χ4v) is 3.74. The number of carbonyl (C=O) groups excluding carboxylic acids is 1. The Morgan fingerprint density at radius 3 is 2.32 bits per heavy atom. The molecule has 1 aliphatic heterocycles. The normalized spacial score (nSPS) is 15.5. The molecule has 1 aliphatic rings. The van der Waals surface area contributed by atoms with Gasteiger partial charge in [-0.2, -0.15) is 0 Å². The number of hydrogen-bond donors (Lipinski definition) is 3. The van der Waals surface area contributed by atoms with Crippen LogP contribution in [-0.4, -0.2) is 54.3 Å². The molecule has 4 rings (SSSR count). The second-order valence-corrected chi connectivity index (χ2v) is 7.87. The molecule has 0 saturated carbocycles. The number of piperazine rings is 1. The zero-order chi connectivity index (χ0) is 24.2. The van der Waals surface area contributed by atoms with Gasteiger partial charge in [-0.15, -0.1) is 0 Å². The number of ether oxygens (including phenoxy) is 1. The van der Waals surface area contributed by atoms with Gasteiger partial charge in [-0.3, -0.25) is 15.0 Å². The first-order valence-corrected chi connectivity index (χ1v) is 11.3. The number of aliphatic carboxylic acids is 1. The first-order chi connectivity index (χ1) is 16.5. The van der Waals surface area contributed by atoms with Crippen molar-refractivity contribution in [2.24, 2.45) is 0 Å². The van der Waals surface area contributed by atoms with Gasteiger partial charge in [0.15, 0.2) is 0 Å². The minimum atomic E-state index is -0.833. The maximum Gasteiger partial charge on any atom is 0.300 e. The minimum absolute atomic E-state index is 0.0784. The standard InChI is InChI=1S/C25H27N3O2.C2H4O2/c29-25(24-14-8-7-13-23(24)20-9-3-1-4-10-20)27-28-17-16-26-19-21(28)15-18-30-22-11-5-2-6-12-22;1-2(3)4/h1-14,21,26H,15-19H2,(H,27,29);1H3,(H,3,4). The third kappa shape index (κ3) is 7.72. The number of carboxylic acid groups (broad SMARTS) is 1. The summed E-state index contributed by atoms with van der Waals surface area (Å²) in [5, 5.41) is 12.9. The van der Waals surface area contributed by atoms with Gasteiger partial charge in [-0.1, -0.05) is 66.7 Å². The van der Waals surface area contributed by atoms with Gasteiger partial charge < -0.3 is 15.2 Å². The Hall–Kier alpha value is -3.68. The summed E-state index contributed by atoms with van der Waals surface area (Å²) in [5.41, 5.74) is 5.80. The van der Waals surface area contributed by atoms with E-state index in [-0.39, 0.29) is 11.9 Å². The molecule has 3 N–H and O–H groups in total. The Morgan fingerprint density at radius 2 is 1.62 bits per heavy atom. The summed E-state index contributed by atoms with van der Waals surface area (Å²) in [6, 6.07) is 27.8. The average molecular weight is 462 g/mol. The number of carbonyl (C=O) groups is 2. The Kier molecular flexibility index (Phi) is 9.64. The molecule has 3 aromatic rings. The summed E-state index contributed by atoms with van der Waals surface area (Å²) < 4.78 is 5.86. The van der Waals surface area contributed by atoms with Crippen molar-refractivity contribution < 1.29 is 19.4 Å². The molecule has 7 heteroatoms. The number of hydrazine groups is 1. The van der Waals surface area contributed by atoms with Crippen LogP contribution >= 0.6 is 0 Å². The highest BCUT2D eigenvalue weighted by Crippen LogP contribution is 2.23. The molecule has 0 aliphatic carbocycles. The van der Waals surface area contributed by atoms with Gasteiger partial charge >= 0.3 is 0 Å². The maximum atomic E-state index is 13.1. The lowest BCUT2D eigenvalue weighted by Crippen LogP contribution is -2.58. The Morgan fingerprint density at radius 1 is 1.00 bits per heavy atom. The Labute approximate surface area is 200 Å². The van der Waals surface area contributed by atoms with Crippen molar-refractivity contribution >= 4 is 11.9 Å². The van der Waals surface area contributed by atoms with E-state index in [1.807, 2.05) is 84.9 Å². The van der Waals surface area contributed by atoms with Crippen LogP contribution in [0.5, 0.6) is 5.75 Å². The third-order valence-corrected chi connectivity index (χ3v) is 5.31. The highest BCUT2D eigenvalue weighted by molar-refractivity contribution is 6.00. The molecule has 1 amide bonds. The quantitative estimate of drug-likeness (QED) is 0.495. The van der Waals surface area contributed by atoms with E-state index in [9.17, 15) is 4.79 Å². The van der Waals surface area contributed by atoms with Gasteiger partial charge in [0.1, 0.15) is 5.75 Å². The van der Waals surface area contributed by atoms with E-state index in [1.54, 1.807) is 0 Å². The first-order valence-electron chi connectivity index (χ1n) is 11.3. The molecular formula is C27H31N3O4. The van der Waals surface area contributed by atoms with Crippen molar-refractivity contribution in [2.75, 3.05) is 26.2 Å². The van der Waals surface area contributed by atoms with Crippen molar-refractivity contribution in [3.8, 4) is 16.9 Å². The number of benzene rings is 3. The van der Waals surface area contributed by atoms with Crippen molar-refractivity contribution in [3.63, 3.8) is 0 Å². The third-order valence-electron chi connectivity index (χ3n) is 5.31. The molecule has 0 bridgehead atoms. The van der Waals surface area contributed by atoms with Crippen LogP contribution in [0.3, 0.4) is 0 Å². The second-order valence-electron chi connectivity index (χ2n) is 7.87. The number of nitrogens with zero attached hydrogens (tertiary/aromatic N) is 1. The molecule has 7 nitrogen and oxygen atoms in total. The highest BCUT2D eigenvalue weighted by Gasteiger charge is 2.25. The first kappa shape index (κ1) is 25.0. The summed E-state index contributed by atoms with van der Waals surface area (Å²) in [4.78, 5) is 22.1. The molecule has 1 fully saturated rings. The van der Waals surface area contributed by atoms with E-state index in [2.05, 4.69) is 15.8 Å². The molecule has 1 unspecified atom stereocenters. The van der Waals surface area contributed by atoms with E-state index in [1.165, 1.54) is 0 Å². The number of rotatable bonds is 7. The van der Waals surface area contributed by atoms with E-state index in [0.29, 0.717) is 12.2 Å². The van der Waals surface area contributed by atoms with Crippen molar-refractivity contribution in [1.82, 2.24) is 15.8 Å². The molecule has 1 saturated heterocycles. The summed E-state index contributed by atoms with van der Waals surface area (Å²) in [5.74, 6) is -0.0426. The van der Waals surface area contributed by atoms with E-state index in [0.717, 1.165) is 49.9 Å². The summed E-state index contributed by atoms with van der Waals surface area (Å²) in [6.45, 7) is 4.11. The van der Waals surface area contributed by atoms with Crippen LogP contribution in [-0.2, 0) is 4.79 Å². The number of amides is 1. The number of hydrogen-bond acceptors (Lipinski definition) is 5. The highest BCUT2D eigenvalue weighted by atomic mass is 16.5. The predicted molar refractivity (Wildman–Crippen MR) is 133 cm³/mol. The lowest BCUT2D eigenvalue weighted by molar-refractivity contribution is -0.134. The molecule has 0 aromatic heterocycles. The van der Waals surface area contributed by atoms with Crippen LogP contribution in [0.2, 0.25) is 0 Å². The Balaban J connectivity index is 0.000000751. The minimum Gasteiger partial charge on any atom is -0.494 e. The average Bonchev–Trinajstić information content (AvgIpc) is 2.86. The summed E-state index contributed by atoms with van der Waals surface area (Å²) in [6.07, 6.45) is 0.822. The van der Waals surface area contributed by atoms with Crippen molar-refractivity contribution in [2.45, 2.75) is 19.4 Å². The number of carboxylic acids is 1. The summed E-state index contributed by atoms with van der Waals surface area (Å²) >= 11 is 0. The van der Waals surface area contributed by atoms with Gasteiger partial charge in [0.2, 0.25) is 0 Å². The predicted octanol–water partition coefficient (Wildman–Crippen LogP) is 3.83. The molecule has 178 valence electrons. The monoisotopic (exact) mass is 461 g/mol. The van der Waals surface area contributed by atoms with Gasteiger partial charge in [0.05, 0.1) is 6.61 Å². The van der Waals surface area contributed by atoms with Gasteiger partial charge in [0, 0.05) is 44.6 Å². The molecule has 34 heavy (non-hydrogen) atoms. The molecule has 0 spiro atoms.